The molecule has 0 aliphatic carbocycles. The first-order chi connectivity index (χ1) is 7.28. The lowest BCUT2D eigenvalue weighted by molar-refractivity contribution is 0.0511. The Morgan fingerprint density at radius 1 is 1.07 bits per heavy atom. The highest BCUT2D eigenvalue weighted by atomic mass is 16.7. The summed E-state index contributed by atoms with van der Waals surface area (Å²) in [5.74, 6) is 1.60. The van der Waals surface area contributed by atoms with Gasteiger partial charge in [0.25, 0.3) is 5.95 Å². The predicted molar refractivity (Wildman–Crippen MR) is 61.3 cm³/mol. The number of hydrogen-bond donors (Lipinski definition) is 0. The first kappa shape index (κ1) is 13.9. The van der Waals surface area contributed by atoms with E-state index in [0.717, 1.165) is 18.6 Å². The van der Waals surface area contributed by atoms with Gasteiger partial charge in [-0.2, -0.15) is 0 Å². The maximum atomic E-state index is 5.51. The van der Waals surface area contributed by atoms with Gasteiger partial charge in [-0.25, -0.2) is 0 Å². The Kier molecular flexibility index (Phi) is 8.73. The van der Waals surface area contributed by atoms with Gasteiger partial charge in [0.15, 0.2) is 0 Å². The van der Waals surface area contributed by atoms with Crippen LogP contribution in [0.25, 0.3) is 0 Å². The molecule has 3 heteroatoms. The van der Waals surface area contributed by atoms with Gasteiger partial charge in [0.05, 0.1) is 26.1 Å². The molecule has 15 heavy (non-hydrogen) atoms. The van der Waals surface area contributed by atoms with Gasteiger partial charge >= 0.3 is 0 Å². The summed E-state index contributed by atoms with van der Waals surface area (Å²) < 4.78 is 15.8. The van der Waals surface area contributed by atoms with Crippen molar-refractivity contribution in [1.29, 1.82) is 0 Å². The second kappa shape index (κ2) is 9.44. The maximum absolute atomic E-state index is 5.51. The van der Waals surface area contributed by atoms with Crippen molar-refractivity contribution in [3.63, 3.8) is 0 Å². The van der Waals surface area contributed by atoms with Crippen LogP contribution in [0, 0.1) is 0 Å². The van der Waals surface area contributed by atoms with Crippen LogP contribution in [-0.2, 0) is 14.2 Å². The van der Waals surface area contributed by atoms with E-state index in [1.807, 2.05) is 19.9 Å². The Bertz CT molecular complexity index is 185. The number of ether oxygens (including phenoxy) is 3. The lowest BCUT2D eigenvalue weighted by Crippen LogP contribution is -2.02. The van der Waals surface area contributed by atoms with Crippen LogP contribution in [0.3, 0.4) is 0 Å². The number of rotatable bonds is 8. The molecule has 0 radical (unpaired) electrons. The molecule has 0 saturated carbocycles. The molecule has 0 unspecified atom stereocenters. The lowest BCUT2D eigenvalue weighted by atomic mass is 10.4. The Morgan fingerprint density at radius 3 is 2.20 bits per heavy atom. The van der Waals surface area contributed by atoms with Crippen LogP contribution in [0.1, 0.15) is 33.6 Å². The highest BCUT2D eigenvalue weighted by Gasteiger charge is 1.96. The van der Waals surface area contributed by atoms with E-state index in [1.54, 1.807) is 13.2 Å². The van der Waals surface area contributed by atoms with Gasteiger partial charge in [-0.3, -0.25) is 0 Å². The molecule has 0 bridgehead atoms. The Labute approximate surface area is 92.7 Å². The Hall–Kier alpha value is -1.12. The monoisotopic (exact) mass is 214 g/mol. The summed E-state index contributed by atoms with van der Waals surface area (Å²) in [5.41, 5.74) is 0. The highest BCUT2D eigenvalue weighted by molar-refractivity contribution is 4.88. The molecule has 0 amide bonds. The molecule has 0 fully saturated rings. The Morgan fingerprint density at radius 2 is 1.73 bits per heavy atom. The van der Waals surface area contributed by atoms with Crippen molar-refractivity contribution in [1.82, 2.24) is 0 Å². The van der Waals surface area contributed by atoms with Crippen LogP contribution in [0.2, 0.25) is 0 Å². The lowest BCUT2D eigenvalue weighted by Gasteiger charge is -2.10. The van der Waals surface area contributed by atoms with Gasteiger partial charge in [-0.05, 0) is 26.0 Å². The normalized spacial score (nSPS) is 12.5. The van der Waals surface area contributed by atoms with Crippen molar-refractivity contribution in [3.05, 3.63) is 23.9 Å². The fourth-order valence-corrected chi connectivity index (χ4v) is 1.08. The van der Waals surface area contributed by atoms with Crippen LogP contribution in [0.4, 0.5) is 0 Å². The summed E-state index contributed by atoms with van der Waals surface area (Å²) in [5, 5.41) is 0. The smallest absolute Gasteiger partial charge is 0.274 e. The fourth-order valence-electron chi connectivity index (χ4n) is 1.08. The summed E-state index contributed by atoms with van der Waals surface area (Å²) in [7, 11) is 1.60. The molecule has 0 aromatic carbocycles. The van der Waals surface area contributed by atoms with E-state index in [1.165, 1.54) is 0 Å². The second-order valence-corrected chi connectivity index (χ2v) is 2.97. The van der Waals surface area contributed by atoms with E-state index in [0.29, 0.717) is 19.2 Å². The predicted octanol–water partition coefficient (Wildman–Crippen LogP) is 3.23. The number of hydrogen-bond acceptors (Lipinski definition) is 3. The zero-order chi connectivity index (χ0) is 11.5. The van der Waals surface area contributed by atoms with E-state index >= 15 is 0 Å². The molecule has 0 aliphatic heterocycles. The summed E-state index contributed by atoms with van der Waals surface area (Å²) in [6.07, 6.45) is 5.59. The number of allylic oxidation sites excluding steroid dienone is 3. The van der Waals surface area contributed by atoms with E-state index in [9.17, 15) is 0 Å². The van der Waals surface area contributed by atoms with Gasteiger partial charge < -0.3 is 14.2 Å². The van der Waals surface area contributed by atoms with Gasteiger partial charge in [0, 0.05) is 12.8 Å². The fraction of sp³-hybridized carbons (Fsp3) is 0.667. The highest BCUT2D eigenvalue weighted by Crippen LogP contribution is 2.04. The summed E-state index contributed by atoms with van der Waals surface area (Å²) in [4.78, 5) is 0. The van der Waals surface area contributed by atoms with Crippen molar-refractivity contribution in [2.75, 3.05) is 20.3 Å². The van der Waals surface area contributed by atoms with Crippen LogP contribution in [0.5, 0.6) is 0 Å². The van der Waals surface area contributed by atoms with E-state index in [-0.39, 0.29) is 0 Å². The molecule has 88 valence electrons. The largest absolute Gasteiger partial charge is 0.498 e. The minimum Gasteiger partial charge on any atom is -0.498 e. The van der Waals surface area contributed by atoms with Crippen molar-refractivity contribution < 1.29 is 14.2 Å². The third-order valence-corrected chi connectivity index (χ3v) is 1.93. The first-order valence-electron chi connectivity index (χ1n) is 5.39. The molecule has 0 aromatic rings. The average Bonchev–Trinajstić information content (AvgIpc) is 2.29. The molecule has 3 nitrogen and oxygen atoms in total. The summed E-state index contributed by atoms with van der Waals surface area (Å²) in [6, 6.07) is 0. The van der Waals surface area contributed by atoms with Gasteiger partial charge in [-0.15, -0.1) is 0 Å². The molecule has 0 heterocycles. The zero-order valence-electron chi connectivity index (χ0n) is 10.2. The van der Waals surface area contributed by atoms with Crippen LogP contribution in [0.15, 0.2) is 23.9 Å². The molecule has 0 aliphatic rings. The SMILES string of the molecule is CC=C(CC)OCCCOC(=CC)OC. The van der Waals surface area contributed by atoms with E-state index < -0.39 is 0 Å². The summed E-state index contributed by atoms with van der Waals surface area (Å²) >= 11 is 0. The average molecular weight is 214 g/mol. The molecule has 0 atom stereocenters. The first-order valence-corrected chi connectivity index (χ1v) is 5.39. The molecule has 0 rings (SSSR count). The number of methoxy groups -OCH3 is 1. The second-order valence-electron chi connectivity index (χ2n) is 2.97. The third-order valence-electron chi connectivity index (χ3n) is 1.93. The quantitative estimate of drug-likeness (QED) is 0.458. The standard InChI is InChI=1S/C12H22O3/c1-5-11(6-2)14-9-8-10-15-12(7-3)13-4/h5,7H,6,8-10H2,1-4H3. The maximum Gasteiger partial charge on any atom is 0.274 e. The minimum absolute atomic E-state index is 0.566. The van der Waals surface area contributed by atoms with Gasteiger partial charge in [0.2, 0.25) is 0 Å². The van der Waals surface area contributed by atoms with Gasteiger partial charge in [-0.1, -0.05) is 6.92 Å². The van der Waals surface area contributed by atoms with Gasteiger partial charge in [0.1, 0.15) is 0 Å². The van der Waals surface area contributed by atoms with E-state index in [4.69, 9.17) is 14.2 Å². The topological polar surface area (TPSA) is 27.7 Å². The van der Waals surface area contributed by atoms with Crippen LogP contribution < -0.4 is 0 Å². The van der Waals surface area contributed by atoms with Crippen molar-refractivity contribution in [2.24, 2.45) is 0 Å². The van der Waals surface area contributed by atoms with Crippen molar-refractivity contribution >= 4 is 0 Å². The van der Waals surface area contributed by atoms with Crippen molar-refractivity contribution in [3.8, 4) is 0 Å². The molecule has 0 saturated heterocycles. The molecular formula is C12H22O3. The summed E-state index contributed by atoms with van der Waals surface area (Å²) in [6.45, 7) is 7.25. The molecular weight excluding hydrogens is 192 g/mol. The van der Waals surface area contributed by atoms with Crippen LogP contribution in [-0.4, -0.2) is 20.3 Å². The third kappa shape index (κ3) is 6.89. The zero-order valence-corrected chi connectivity index (χ0v) is 10.2. The van der Waals surface area contributed by atoms with Crippen LogP contribution >= 0.6 is 0 Å². The molecule has 0 spiro atoms. The molecule has 0 N–H and O–H groups in total. The Balaban J connectivity index is 3.47. The molecule has 0 aromatic heterocycles. The minimum atomic E-state index is 0.566. The van der Waals surface area contributed by atoms with Crippen molar-refractivity contribution in [2.45, 2.75) is 33.6 Å². The van der Waals surface area contributed by atoms with E-state index in [2.05, 4.69) is 6.92 Å².